The van der Waals surface area contributed by atoms with Crippen LogP contribution in [-0.4, -0.2) is 16.0 Å². The van der Waals surface area contributed by atoms with E-state index in [4.69, 9.17) is 0 Å². The zero-order chi connectivity index (χ0) is 10.7. The van der Waals surface area contributed by atoms with E-state index in [0.29, 0.717) is 6.04 Å². The van der Waals surface area contributed by atoms with Crippen molar-refractivity contribution in [2.45, 2.75) is 52.0 Å². The maximum Gasteiger partial charge on any atom is 0.147 e. The number of aryl methyl sites for hydroxylation is 2. The van der Waals surface area contributed by atoms with Gasteiger partial charge in [-0.3, -0.25) is 4.98 Å². The zero-order valence-corrected chi connectivity index (χ0v) is 9.58. The summed E-state index contributed by atoms with van der Waals surface area (Å²) in [6, 6.07) is 0.618. The van der Waals surface area contributed by atoms with Gasteiger partial charge in [0.1, 0.15) is 5.82 Å². The number of hydrogen-bond donors (Lipinski definition) is 1. The highest BCUT2D eigenvalue weighted by Crippen LogP contribution is 2.22. The Hall–Kier alpha value is -1.12. The molecule has 0 spiro atoms. The molecule has 1 saturated carbocycles. The third-order valence-electron chi connectivity index (χ3n) is 3.00. The lowest BCUT2D eigenvalue weighted by Gasteiger charge is -2.15. The summed E-state index contributed by atoms with van der Waals surface area (Å²) >= 11 is 0. The Labute approximate surface area is 91.3 Å². The van der Waals surface area contributed by atoms with Gasteiger partial charge in [-0.1, -0.05) is 19.8 Å². The van der Waals surface area contributed by atoms with E-state index in [1.807, 2.05) is 13.1 Å². The van der Waals surface area contributed by atoms with Gasteiger partial charge in [-0.2, -0.15) is 0 Å². The van der Waals surface area contributed by atoms with E-state index < -0.39 is 0 Å². The van der Waals surface area contributed by atoms with Gasteiger partial charge in [0, 0.05) is 6.04 Å². The smallest absolute Gasteiger partial charge is 0.147 e. The summed E-state index contributed by atoms with van der Waals surface area (Å²) < 4.78 is 0. The lowest BCUT2D eigenvalue weighted by molar-refractivity contribution is 0.744. The number of anilines is 1. The van der Waals surface area contributed by atoms with E-state index >= 15 is 0 Å². The average Bonchev–Trinajstić information content (AvgIpc) is 2.73. The highest BCUT2D eigenvalue weighted by molar-refractivity contribution is 5.41. The van der Waals surface area contributed by atoms with Gasteiger partial charge in [0.15, 0.2) is 0 Å². The normalized spacial score (nSPS) is 16.9. The van der Waals surface area contributed by atoms with Gasteiger partial charge < -0.3 is 5.32 Å². The first-order valence-electron chi connectivity index (χ1n) is 5.88. The number of nitrogens with zero attached hydrogens (tertiary/aromatic N) is 2. The van der Waals surface area contributed by atoms with Gasteiger partial charge >= 0.3 is 0 Å². The van der Waals surface area contributed by atoms with Crippen molar-refractivity contribution in [2.24, 2.45) is 0 Å². The van der Waals surface area contributed by atoms with Crippen LogP contribution in [0.3, 0.4) is 0 Å². The second kappa shape index (κ2) is 4.60. The maximum absolute atomic E-state index is 4.51. The molecule has 1 aliphatic carbocycles. The Morgan fingerprint density at radius 1 is 1.40 bits per heavy atom. The second-order valence-corrected chi connectivity index (χ2v) is 4.29. The SMILES string of the molecule is CCc1nc(C)cnc1NC1CCCC1. The van der Waals surface area contributed by atoms with Gasteiger partial charge in [0.05, 0.1) is 17.6 Å². The van der Waals surface area contributed by atoms with Crippen molar-refractivity contribution in [2.75, 3.05) is 5.32 Å². The molecule has 0 amide bonds. The summed E-state index contributed by atoms with van der Waals surface area (Å²) in [4.78, 5) is 8.95. The molecule has 0 bridgehead atoms. The highest BCUT2D eigenvalue weighted by Gasteiger charge is 2.16. The topological polar surface area (TPSA) is 37.8 Å². The van der Waals surface area contributed by atoms with E-state index in [1.165, 1.54) is 25.7 Å². The molecule has 0 unspecified atom stereocenters. The van der Waals surface area contributed by atoms with Crippen LogP contribution >= 0.6 is 0 Å². The van der Waals surface area contributed by atoms with Crippen LogP contribution in [-0.2, 0) is 6.42 Å². The van der Waals surface area contributed by atoms with E-state index in [0.717, 1.165) is 23.6 Å². The van der Waals surface area contributed by atoms with Crippen LogP contribution < -0.4 is 5.32 Å². The van der Waals surface area contributed by atoms with Crippen molar-refractivity contribution < 1.29 is 0 Å². The molecule has 2 rings (SSSR count). The standard InChI is InChI=1S/C12H19N3/c1-3-11-12(13-8-9(2)14-11)15-10-6-4-5-7-10/h8,10H,3-7H2,1-2H3,(H,13,15). The molecule has 1 aliphatic rings. The van der Waals surface area contributed by atoms with Crippen LogP contribution in [0.4, 0.5) is 5.82 Å². The molecule has 3 nitrogen and oxygen atoms in total. The van der Waals surface area contributed by atoms with Crippen LogP contribution in [0.1, 0.15) is 44.0 Å². The summed E-state index contributed by atoms with van der Waals surface area (Å²) in [6.07, 6.45) is 8.04. The summed E-state index contributed by atoms with van der Waals surface area (Å²) in [5.74, 6) is 0.995. The van der Waals surface area contributed by atoms with Crippen molar-refractivity contribution in [3.05, 3.63) is 17.6 Å². The quantitative estimate of drug-likeness (QED) is 0.824. The largest absolute Gasteiger partial charge is 0.366 e. The first-order valence-corrected chi connectivity index (χ1v) is 5.88. The first kappa shape index (κ1) is 10.4. The lowest BCUT2D eigenvalue weighted by atomic mass is 10.2. The Morgan fingerprint density at radius 2 is 2.13 bits per heavy atom. The number of rotatable bonds is 3. The molecular weight excluding hydrogens is 186 g/mol. The van der Waals surface area contributed by atoms with Crippen molar-refractivity contribution in [1.82, 2.24) is 9.97 Å². The van der Waals surface area contributed by atoms with E-state index in [2.05, 4.69) is 22.2 Å². The van der Waals surface area contributed by atoms with Crippen molar-refractivity contribution >= 4 is 5.82 Å². The van der Waals surface area contributed by atoms with E-state index in [9.17, 15) is 0 Å². The van der Waals surface area contributed by atoms with Gasteiger partial charge in [-0.05, 0) is 26.2 Å². The highest BCUT2D eigenvalue weighted by atomic mass is 15.0. The van der Waals surface area contributed by atoms with Gasteiger partial charge in [0.2, 0.25) is 0 Å². The van der Waals surface area contributed by atoms with Crippen molar-refractivity contribution in [3.8, 4) is 0 Å². The van der Waals surface area contributed by atoms with Crippen LogP contribution in [0.5, 0.6) is 0 Å². The molecule has 0 atom stereocenters. The predicted molar refractivity (Wildman–Crippen MR) is 62.0 cm³/mol. The van der Waals surface area contributed by atoms with Gasteiger partial charge in [-0.25, -0.2) is 4.98 Å². The third kappa shape index (κ3) is 2.46. The molecule has 0 saturated heterocycles. The molecule has 82 valence electrons. The van der Waals surface area contributed by atoms with Crippen LogP contribution in [0.2, 0.25) is 0 Å². The van der Waals surface area contributed by atoms with Crippen LogP contribution in [0.15, 0.2) is 6.20 Å². The molecule has 0 radical (unpaired) electrons. The van der Waals surface area contributed by atoms with Crippen molar-refractivity contribution in [1.29, 1.82) is 0 Å². The van der Waals surface area contributed by atoms with Crippen LogP contribution in [0.25, 0.3) is 0 Å². The molecule has 15 heavy (non-hydrogen) atoms. The summed E-state index contributed by atoms with van der Waals surface area (Å²) in [5, 5.41) is 3.51. The van der Waals surface area contributed by atoms with Crippen LogP contribution in [0, 0.1) is 6.92 Å². The number of nitrogens with one attached hydrogen (secondary N) is 1. The molecule has 0 aromatic carbocycles. The van der Waals surface area contributed by atoms with E-state index in [1.54, 1.807) is 0 Å². The lowest BCUT2D eigenvalue weighted by Crippen LogP contribution is -2.17. The Morgan fingerprint density at radius 3 is 2.80 bits per heavy atom. The molecule has 0 aliphatic heterocycles. The zero-order valence-electron chi connectivity index (χ0n) is 9.58. The van der Waals surface area contributed by atoms with Gasteiger partial charge in [-0.15, -0.1) is 0 Å². The number of hydrogen-bond acceptors (Lipinski definition) is 3. The molecule has 1 fully saturated rings. The Bertz CT molecular complexity index is 330. The van der Waals surface area contributed by atoms with Gasteiger partial charge in [0.25, 0.3) is 0 Å². The summed E-state index contributed by atoms with van der Waals surface area (Å²) in [7, 11) is 0. The molecule has 1 aromatic rings. The minimum Gasteiger partial charge on any atom is -0.366 e. The summed E-state index contributed by atoms with van der Waals surface area (Å²) in [5.41, 5.74) is 2.10. The minimum atomic E-state index is 0.618. The fraction of sp³-hybridized carbons (Fsp3) is 0.667. The fourth-order valence-corrected chi connectivity index (χ4v) is 2.16. The third-order valence-corrected chi connectivity index (χ3v) is 3.00. The number of aromatic nitrogens is 2. The minimum absolute atomic E-state index is 0.618. The van der Waals surface area contributed by atoms with Crippen molar-refractivity contribution in [3.63, 3.8) is 0 Å². The molecule has 1 aromatic heterocycles. The maximum atomic E-state index is 4.51. The Kier molecular flexibility index (Phi) is 3.19. The fourth-order valence-electron chi connectivity index (χ4n) is 2.16. The summed E-state index contributed by atoms with van der Waals surface area (Å²) in [6.45, 7) is 4.12. The Balaban J connectivity index is 2.12. The predicted octanol–water partition coefficient (Wildman–Crippen LogP) is 2.70. The molecule has 3 heteroatoms. The average molecular weight is 205 g/mol. The first-order chi connectivity index (χ1) is 7.29. The molecule has 1 heterocycles. The monoisotopic (exact) mass is 205 g/mol. The molecular formula is C12H19N3. The molecule has 1 N–H and O–H groups in total. The second-order valence-electron chi connectivity index (χ2n) is 4.29. The van der Waals surface area contributed by atoms with E-state index in [-0.39, 0.29) is 0 Å².